The summed E-state index contributed by atoms with van der Waals surface area (Å²) in [7, 11) is 1.55. The van der Waals surface area contributed by atoms with Gasteiger partial charge in [-0.2, -0.15) is 0 Å². The van der Waals surface area contributed by atoms with Crippen molar-refractivity contribution in [3.05, 3.63) is 107 Å². The lowest BCUT2D eigenvalue weighted by Gasteiger charge is -2.26. The lowest BCUT2D eigenvalue weighted by Crippen LogP contribution is -2.31. The molecule has 1 saturated heterocycles. The van der Waals surface area contributed by atoms with Gasteiger partial charge in [0, 0.05) is 34.8 Å². The third-order valence-electron chi connectivity index (χ3n) is 6.60. The summed E-state index contributed by atoms with van der Waals surface area (Å²) < 4.78 is 5.58. The Bertz CT molecular complexity index is 1450. The fourth-order valence-corrected chi connectivity index (χ4v) is 4.77. The van der Waals surface area contributed by atoms with Crippen molar-refractivity contribution in [1.82, 2.24) is 9.88 Å². The number of ether oxygens (including phenoxy) is 1. The van der Waals surface area contributed by atoms with Crippen LogP contribution < -0.4 is 4.74 Å². The number of aryl methyl sites for hydroxylation is 1. The molecule has 1 fully saturated rings. The van der Waals surface area contributed by atoms with Crippen LogP contribution in [0.25, 0.3) is 16.7 Å². The Morgan fingerprint density at radius 3 is 2.49 bits per heavy atom. The summed E-state index contributed by atoms with van der Waals surface area (Å²) in [4.78, 5) is 31.4. The van der Waals surface area contributed by atoms with Crippen molar-refractivity contribution < 1.29 is 19.4 Å². The largest absolute Gasteiger partial charge is 0.507 e. The van der Waals surface area contributed by atoms with E-state index in [0.29, 0.717) is 29.8 Å². The number of para-hydroxylation sites is 2. The van der Waals surface area contributed by atoms with Crippen molar-refractivity contribution in [3.8, 4) is 5.75 Å². The van der Waals surface area contributed by atoms with Gasteiger partial charge in [0.15, 0.2) is 0 Å². The number of nitrogens with zero attached hydrogens (tertiary/aromatic N) is 1. The van der Waals surface area contributed by atoms with Crippen LogP contribution in [0.2, 0.25) is 0 Å². The van der Waals surface area contributed by atoms with E-state index in [0.717, 1.165) is 22.0 Å². The van der Waals surface area contributed by atoms with E-state index < -0.39 is 17.7 Å². The van der Waals surface area contributed by atoms with E-state index in [9.17, 15) is 14.7 Å². The molecule has 1 aliphatic rings. The van der Waals surface area contributed by atoms with Crippen LogP contribution in [0.4, 0.5) is 0 Å². The second-order valence-corrected chi connectivity index (χ2v) is 8.71. The molecule has 0 aliphatic carbocycles. The number of fused-ring (bicyclic) bond motifs is 1. The van der Waals surface area contributed by atoms with Gasteiger partial charge >= 0.3 is 0 Å². The van der Waals surface area contributed by atoms with Crippen molar-refractivity contribution in [3.63, 3.8) is 0 Å². The molecule has 5 rings (SSSR count). The van der Waals surface area contributed by atoms with Crippen LogP contribution in [0, 0.1) is 6.92 Å². The highest BCUT2D eigenvalue weighted by Crippen LogP contribution is 2.42. The second-order valence-electron chi connectivity index (χ2n) is 8.71. The molecule has 176 valence electrons. The highest BCUT2D eigenvalue weighted by atomic mass is 16.5. The number of amides is 1. The third kappa shape index (κ3) is 3.97. The molecule has 2 heterocycles. The van der Waals surface area contributed by atoms with Gasteiger partial charge in [-0.25, -0.2) is 0 Å². The van der Waals surface area contributed by atoms with Crippen LogP contribution in [0.1, 0.15) is 28.3 Å². The quantitative estimate of drug-likeness (QED) is 0.234. The van der Waals surface area contributed by atoms with Crippen LogP contribution in [-0.2, 0) is 16.0 Å². The molecule has 1 aromatic heterocycles. The van der Waals surface area contributed by atoms with Crippen molar-refractivity contribution in [2.45, 2.75) is 19.4 Å². The molecule has 4 aromatic rings. The van der Waals surface area contributed by atoms with E-state index in [1.807, 2.05) is 67.7 Å². The average molecular weight is 467 g/mol. The van der Waals surface area contributed by atoms with Crippen LogP contribution in [0.3, 0.4) is 0 Å². The molecule has 0 radical (unpaired) electrons. The fraction of sp³-hybridized carbons (Fsp3) is 0.172. The summed E-state index contributed by atoms with van der Waals surface area (Å²) in [5.74, 6) is -0.965. The predicted molar refractivity (Wildman–Crippen MR) is 135 cm³/mol. The van der Waals surface area contributed by atoms with Crippen LogP contribution in [0.15, 0.2) is 84.6 Å². The first-order valence-electron chi connectivity index (χ1n) is 11.5. The molecule has 0 saturated carbocycles. The molecular formula is C29H26N2O4. The van der Waals surface area contributed by atoms with Gasteiger partial charge in [-0.3, -0.25) is 9.59 Å². The number of rotatable bonds is 6. The molecule has 1 amide bonds. The standard InChI is InChI=1S/C29H26N2O4/c1-18-11-13-19(14-12-18)27(32)25-26(22-8-4-6-10-24(22)35-2)31(29(34)28(25)33)16-15-20-17-30-23-9-5-3-7-21(20)23/h3-14,17,26,30,32H,15-16H2,1-2H3. The zero-order chi connectivity index (χ0) is 24.5. The molecule has 2 N–H and O–H groups in total. The SMILES string of the molecule is COc1ccccc1C1C(=C(O)c2ccc(C)cc2)C(=O)C(=O)N1CCc1c[nH]c2ccccc12. The Kier molecular flexibility index (Phi) is 5.87. The van der Waals surface area contributed by atoms with Crippen molar-refractivity contribution in [2.24, 2.45) is 0 Å². The van der Waals surface area contributed by atoms with Gasteiger partial charge in [-0.05, 0) is 31.0 Å². The molecule has 6 heteroatoms. The number of likely N-dealkylation sites (tertiary alicyclic amines) is 1. The normalized spacial score (nSPS) is 17.3. The molecule has 35 heavy (non-hydrogen) atoms. The summed E-state index contributed by atoms with van der Waals surface area (Å²) in [5, 5.41) is 12.3. The van der Waals surface area contributed by atoms with Gasteiger partial charge in [0.1, 0.15) is 11.5 Å². The summed E-state index contributed by atoms with van der Waals surface area (Å²) in [5.41, 5.74) is 4.32. The third-order valence-corrected chi connectivity index (χ3v) is 6.60. The van der Waals surface area contributed by atoms with E-state index in [1.54, 1.807) is 30.2 Å². The minimum atomic E-state index is -0.766. The summed E-state index contributed by atoms with van der Waals surface area (Å²) >= 11 is 0. The number of H-pyrrole nitrogens is 1. The lowest BCUT2D eigenvalue weighted by atomic mass is 9.94. The van der Waals surface area contributed by atoms with Crippen LogP contribution >= 0.6 is 0 Å². The van der Waals surface area contributed by atoms with Crippen LogP contribution in [0.5, 0.6) is 5.75 Å². The molecule has 1 atom stereocenters. The Balaban J connectivity index is 1.59. The molecule has 1 aliphatic heterocycles. The average Bonchev–Trinajstić information content (AvgIpc) is 3.41. The van der Waals surface area contributed by atoms with Gasteiger partial charge in [0.2, 0.25) is 0 Å². The molecule has 1 unspecified atom stereocenters. The fourth-order valence-electron chi connectivity index (χ4n) is 4.77. The number of hydrogen-bond acceptors (Lipinski definition) is 4. The maximum atomic E-state index is 13.3. The number of Topliss-reactive ketones (excluding diaryl/α,β-unsaturated/α-hetero) is 1. The number of aromatic amines is 1. The number of aliphatic hydroxyl groups is 1. The number of aliphatic hydroxyl groups excluding tert-OH is 1. The van der Waals surface area contributed by atoms with Crippen LogP contribution in [-0.4, -0.2) is 40.3 Å². The first-order chi connectivity index (χ1) is 17.0. The Labute approximate surface area is 203 Å². The minimum absolute atomic E-state index is 0.0716. The Hall–Kier alpha value is -4.32. The minimum Gasteiger partial charge on any atom is -0.507 e. The number of hydrogen-bond donors (Lipinski definition) is 2. The number of carbonyl (C=O) groups excluding carboxylic acids is 2. The smallest absolute Gasteiger partial charge is 0.295 e. The van der Waals surface area contributed by atoms with Crippen molar-refractivity contribution >= 4 is 28.4 Å². The van der Waals surface area contributed by atoms with Gasteiger partial charge in [0.25, 0.3) is 11.7 Å². The van der Waals surface area contributed by atoms with Gasteiger partial charge in [-0.15, -0.1) is 0 Å². The van der Waals surface area contributed by atoms with E-state index in [-0.39, 0.29) is 11.3 Å². The molecule has 0 bridgehead atoms. The van der Waals surface area contributed by atoms with Gasteiger partial charge in [-0.1, -0.05) is 66.2 Å². The van der Waals surface area contributed by atoms with Gasteiger partial charge < -0.3 is 19.7 Å². The summed E-state index contributed by atoms with van der Waals surface area (Å²) in [6.45, 7) is 2.25. The van der Waals surface area contributed by atoms with Crippen molar-refractivity contribution in [1.29, 1.82) is 0 Å². The first kappa shape index (κ1) is 22.5. The molecule has 0 spiro atoms. The number of benzene rings is 3. The molecular weight excluding hydrogens is 440 g/mol. The second kappa shape index (κ2) is 9.14. The zero-order valence-corrected chi connectivity index (χ0v) is 19.6. The van der Waals surface area contributed by atoms with Gasteiger partial charge in [0.05, 0.1) is 18.7 Å². The highest BCUT2D eigenvalue weighted by Gasteiger charge is 2.46. The predicted octanol–water partition coefficient (Wildman–Crippen LogP) is 5.15. The summed E-state index contributed by atoms with van der Waals surface area (Å²) in [6, 6.07) is 21.7. The Morgan fingerprint density at radius 1 is 1.00 bits per heavy atom. The monoisotopic (exact) mass is 466 g/mol. The number of methoxy groups -OCH3 is 1. The summed E-state index contributed by atoms with van der Waals surface area (Å²) in [6.07, 6.45) is 2.49. The number of nitrogens with one attached hydrogen (secondary N) is 1. The van der Waals surface area contributed by atoms with E-state index in [4.69, 9.17) is 4.74 Å². The molecule has 6 nitrogen and oxygen atoms in total. The number of ketones is 1. The number of carbonyl (C=O) groups is 2. The molecule has 3 aromatic carbocycles. The first-order valence-corrected chi connectivity index (χ1v) is 11.5. The van der Waals surface area contributed by atoms with E-state index in [1.165, 1.54) is 0 Å². The maximum absolute atomic E-state index is 13.3. The number of aromatic nitrogens is 1. The highest BCUT2D eigenvalue weighted by molar-refractivity contribution is 6.46. The van der Waals surface area contributed by atoms with E-state index >= 15 is 0 Å². The lowest BCUT2D eigenvalue weighted by molar-refractivity contribution is -0.139. The Morgan fingerprint density at radius 2 is 1.71 bits per heavy atom. The topological polar surface area (TPSA) is 82.6 Å². The zero-order valence-electron chi connectivity index (χ0n) is 19.6. The van der Waals surface area contributed by atoms with E-state index in [2.05, 4.69) is 4.98 Å². The van der Waals surface area contributed by atoms with Crippen molar-refractivity contribution in [2.75, 3.05) is 13.7 Å². The maximum Gasteiger partial charge on any atom is 0.295 e.